The predicted molar refractivity (Wildman–Crippen MR) is 64.6 cm³/mol. The minimum absolute atomic E-state index is 0.113. The molecule has 0 aliphatic carbocycles. The topological polar surface area (TPSA) is 63.4 Å². The van der Waals surface area contributed by atoms with Crippen LogP contribution in [0.4, 0.5) is 4.39 Å². The van der Waals surface area contributed by atoms with Crippen LogP contribution in [0, 0.1) is 12.7 Å². The molecular weight excluding hydrogens is 243 g/mol. The maximum Gasteiger partial charge on any atom is 0.243 e. The van der Waals surface area contributed by atoms with Crippen LogP contribution in [0.3, 0.4) is 0 Å². The van der Waals surface area contributed by atoms with Crippen LogP contribution < -0.4 is 5.73 Å². The molecule has 0 fully saturated rings. The molecule has 6 heteroatoms. The molecule has 17 heavy (non-hydrogen) atoms. The van der Waals surface area contributed by atoms with Gasteiger partial charge >= 0.3 is 0 Å². The van der Waals surface area contributed by atoms with E-state index in [2.05, 4.69) is 0 Å². The molecule has 4 nitrogen and oxygen atoms in total. The second-order valence-corrected chi connectivity index (χ2v) is 6.19. The van der Waals surface area contributed by atoms with Gasteiger partial charge in [0.1, 0.15) is 5.82 Å². The van der Waals surface area contributed by atoms with Gasteiger partial charge in [-0.1, -0.05) is 0 Å². The molecule has 96 valence electrons. The van der Waals surface area contributed by atoms with Crippen molar-refractivity contribution in [3.05, 3.63) is 29.6 Å². The first-order valence-corrected chi connectivity index (χ1v) is 6.67. The maximum absolute atomic E-state index is 12.9. The Morgan fingerprint density at radius 1 is 1.47 bits per heavy atom. The van der Waals surface area contributed by atoms with E-state index in [4.69, 9.17) is 5.73 Å². The van der Waals surface area contributed by atoms with Gasteiger partial charge in [0.25, 0.3) is 0 Å². The van der Waals surface area contributed by atoms with Crippen molar-refractivity contribution >= 4 is 10.0 Å². The van der Waals surface area contributed by atoms with E-state index in [9.17, 15) is 12.8 Å². The van der Waals surface area contributed by atoms with E-state index in [1.54, 1.807) is 13.8 Å². The first kappa shape index (κ1) is 14.1. The predicted octanol–water partition coefficient (Wildman–Crippen LogP) is 1.10. The average molecular weight is 260 g/mol. The van der Waals surface area contributed by atoms with Crippen LogP contribution >= 0.6 is 0 Å². The number of hydrogen-bond donors (Lipinski definition) is 1. The molecule has 1 aromatic rings. The van der Waals surface area contributed by atoms with Gasteiger partial charge in [-0.3, -0.25) is 0 Å². The Hall–Kier alpha value is -0.980. The number of halogens is 1. The van der Waals surface area contributed by atoms with E-state index in [-0.39, 0.29) is 17.5 Å². The lowest BCUT2D eigenvalue weighted by Crippen LogP contribution is -2.37. The zero-order chi connectivity index (χ0) is 13.2. The Morgan fingerprint density at radius 3 is 2.53 bits per heavy atom. The van der Waals surface area contributed by atoms with Crippen molar-refractivity contribution in [1.29, 1.82) is 0 Å². The molecule has 0 saturated carbocycles. The first-order valence-electron chi connectivity index (χ1n) is 5.23. The first-order chi connectivity index (χ1) is 7.75. The number of aryl methyl sites for hydroxylation is 1. The molecule has 0 heterocycles. The van der Waals surface area contributed by atoms with Crippen molar-refractivity contribution in [2.24, 2.45) is 5.73 Å². The third-order valence-corrected chi connectivity index (χ3v) is 4.35. The van der Waals surface area contributed by atoms with Crippen LogP contribution in [-0.2, 0) is 10.0 Å². The molecule has 0 amide bonds. The molecular formula is C11H17FN2O2S. The van der Waals surface area contributed by atoms with Crippen molar-refractivity contribution in [3.63, 3.8) is 0 Å². The highest BCUT2D eigenvalue weighted by molar-refractivity contribution is 7.89. The zero-order valence-corrected chi connectivity index (χ0v) is 11.0. The number of rotatable bonds is 4. The van der Waals surface area contributed by atoms with E-state index in [0.29, 0.717) is 5.56 Å². The van der Waals surface area contributed by atoms with Crippen molar-refractivity contribution in [2.75, 3.05) is 13.6 Å². The van der Waals surface area contributed by atoms with Crippen molar-refractivity contribution in [3.8, 4) is 0 Å². The highest BCUT2D eigenvalue weighted by atomic mass is 32.2. The number of benzene rings is 1. The summed E-state index contributed by atoms with van der Waals surface area (Å²) in [4.78, 5) is 0.113. The molecule has 0 spiro atoms. The fraction of sp³-hybridized carbons (Fsp3) is 0.455. The summed E-state index contributed by atoms with van der Waals surface area (Å²) < 4.78 is 38.4. The fourth-order valence-electron chi connectivity index (χ4n) is 1.57. The molecule has 0 aromatic heterocycles. The summed E-state index contributed by atoms with van der Waals surface area (Å²) in [6.45, 7) is 3.51. The standard InChI is InChI=1S/C11H17FN2O2S/c1-8-6-10(12)4-5-11(8)17(15,16)14(3)7-9(2)13/h4-6,9H,7,13H2,1-3H3. The van der Waals surface area contributed by atoms with E-state index in [1.807, 2.05) is 0 Å². The lowest BCUT2D eigenvalue weighted by atomic mass is 10.2. The highest BCUT2D eigenvalue weighted by Crippen LogP contribution is 2.19. The molecule has 1 atom stereocenters. The largest absolute Gasteiger partial charge is 0.327 e. The summed E-state index contributed by atoms with van der Waals surface area (Å²) in [6, 6.07) is 3.36. The zero-order valence-electron chi connectivity index (χ0n) is 10.1. The molecule has 1 aromatic carbocycles. The van der Waals surface area contributed by atoms with Crippen LogP contribution in [0.15, 0.2) is 23.1 Å². The minimum atomic E-state index is -3.59. The summed E-state index contributed by atoms with van der Waals surface area (Å²) in [5.74, 6) is -0.448. The van der Waals surface area contributed by atoms with Gasteiger partial charge in [0, 0.05) is 19.6 Å². The number of likely N-dealkylation sites (N-methyl/N-ethyl adjacent to an activating group) is 1. The molecule has 0 radical (unpaired) electrons. The summed E-state index contributed by atoms with van der Waals surface area (Å²) in [7, 11) is -2.14. The highest BCUT2D eigenvalue weighted by Gasteiger charge is 2.23. The van der Waals surface area contributed by atoms with Gasteiger partial charge in [-0.15, -0.1) is 0 Å². The quantitative estimate of drug-likeness (QED) is 0.881. The van der Waals surface area contributed by atoms with Crippen LogP contribution in [0.5, 0.6) is 0 Å². The molecule has 0 aliphatic heterocycles. The minimum Gasteiger partial charge on any atom is -0.327 e. The third kappa shape index (κ3) is 3.24. The van der Waals surface area contributed by atoms with E-state index in [0.717, 1.165) is 6.07 Å². The van der Waals surface area contributed by atoms with Gasteiger partial charge in [-0.05, 0) is 37.6 Å². The van der Waals surface area contributed by atoms with Crippen molar-refractivity contribution < 1.29 is 12.8 Å². The second-order valence-electron chi connectivity index (χ2n) is 4.17. The van der Waals surface area contributed by atoms with Crippen molar-refractivity contribution in [2.45, 2.75) is 24.8 Å². The molecule has 0 aliphatic rings. The van der Waals surface area contributed by atoms with E-state index in [1.165, 1.54) is 23.5 Å². The summed E-state index contributed by atoms with van der Waals surface area (Å²) in [5, 5.41) is 0. The lowest BCUT2D eigenvalue weighted by Gasteiger charge is -2.20. The summed E-state index contributed by atoms with van der Waals surface area (Å²) in [5.41, 5.74) is 5.95. The van der Waals surface area contributed by atoms with Gasteiger partial charge in [0.05, 0.1) is 4.90 Å². The number of hydrogen-bond acceptors (Lipinski definition) is 3. The van der Waals surface area contributed by atoms with Crippen LogP contribution in [0.1, 0.15) is 12.5 Å². The van der Waals surface area contributed by atoms with Crippen LogP contribution in [0.2, 0.25) is 0 Å². The Morgan fingerprint density at radius 2 is 2.06 bits per heavy atom. The second kappa shape index (κ2) is 5.12. The third-order valence-electron chi connectivity index (χ3n) is 2.37. The van der Waals surface area contributed by atoms with Gasteiger partial charge in [-0.2, -0.15) is 4.31 Å². The SMILES string of the molecule is Cc1cc(F)ccc1S(=O)(=O)N(C)CC(C)N. The Labute approximate surface area is 101 Å². The van der Waals surface area contributed by atoms with Gasteiger partial charge in [0.15, 0.2) is 0 Å². The summed E-state index contributed by atoms with van der Waals surface area (Å²) >= 11 is 0. The van der Waals surface area contributed by atoms with Gasteiger partial charge < -0.3 is 5.73 Å². The number of nitrogens with two attached hydrogens (primary N) is 1. The van der Waals surface area contributed by atoms with Crippen LogP contribution in [0.25, 0.3) is 0 Å². The number of nitrogens with zero attached hydrogens (tertiary/aromatic N) is 1. The summed E-state index contributed by atoms with van der Waals surface area (Å²) in [6.07, 6.45) is 0. The van der Waals surface area contributed by atoms with Crippen molar-refractivity contribution in [1.82, 2.24) is 4.31 Å². The smallest absolute Gasteiger partial charge is 0.243 e. The Balaban J connectivity index is 3.13. The van der Waals surface area contributed by atoms with Crippen LogP contribution in [-0.4, -0.2) is 32.4 Å². The molecule has 0 saturated heterocycles. The van der Waals surface area contributed by atoms with E-state index < -0.39 is 15.8 Å². The number of sulfonamides is 1. The van der Waals surface area contributed by atoms with E-state index >= 15 is 0 Å². The average Bonchev–Trinajstić information content (AvgIpc) is 2.15. The normalized spacial score (nSPS) is 14.0. The fourth-order valence-corrected chi connectivity index (χ4v) is 3.05. The molecule has 2 N–H and O–H groups in total. The molecule has 0 bridgehead atoms. The maximum atomic E-state index is 12.9. The lowest BCUT2D eigenvalue weighted by molar-refractivity contribution is 0.445. The Kier molecular flexibility index (Phi) is 4.24. The monoisotopic (exact) mass is 260 g/mol. The molecule has 1 rings (SSSR count). The van der Waals surface area contributed by atoms with Gasteiger partial charge in [0.2, 0.25) is 10.0 Å². The van der Waals surface area contributed by atoms with Gasteiger partial charge in [-0.25, -0.2) is 12.8 Å². The molecule has 1 unspecified atom stereocenters. The Bertz CT molecular complexity index is 500.